The van der Waals surface area contributed by atoms with Crippen LogP contribution in [0.25, 0.3) is 0 Å². The van der Waals surface area contributed by atoms with Crippen LogP contribution >= 0.6 is 0 Å². The number of hydrogen-bond acceptors (Lipinski definition) is 4. The number of hydrogen-bond donors (Lipinski definition) is 1. The molecule has 2 aromatic carbocycles. The van der Waals surface area contributed by atoms with Crippen molar-refractivity contribution in [2.24, 2.45) is 0 Å². The van der Waals surface area contributed by atoms with Crippen molar-refractivity contribution in [2.45, 2.75) is 20.3 Å². The van der Waals surface area contributed by atoms with Crippen LogP contribution in [0.3, 0.4) is 0 Å². The van der Waals surface area contributed by atoms with Gasteiger partial charge in [-0.15, -0.1) is 0 Å². The number of benzene rings is 2. The van der Waals surface area contributed by atoms with Gasteiger partial charge in [0.15, 0.2) is 12.4 Å². The van der Waals surface area contributed by atoms with E-state index in [0.717, 1.165) is 6.42 Å². The van der Waals surface area contributed by atoms with Crippen molar-refractivity contribution in [1.82, 2.24) is 0 Å². The van der Waals surface area contributed by atoms with Crippen LogP contribution in [0.15, 0.2) is 48.5 Å². The third-order valence-corrected chi connectivity index (χ3v) is 3.24. The second-order valence-electron chi connectivity index (χ2n) is 5.27. The number of ketones is 1. The zero-order chi connectivity index (χ0) is 17.4. The lowest BCUT2D eigenvalue weighted by molar-refractivity contribution is -0.118. The lowest BCUT2D eigenvalue weighted by Crippen LogP contribution is -2.21. The largest absolute Gasteiger partial charge is 0.491 e. The van der Waals surface area contributed by atoms with Gasteiger partial charge in [-0.2, -0.15) is 0 Å². The minimum atomic E-state index is -0.319. The zero-order valence-electron chi connectivity index (χ0n) is 13.9. The van der Waals surface area contributed by atoms with Crippen molar-refractivity contribution in [3.05, 3.63) is 54.1 Å². The first-order valence-corrected chi connectivity index (χ1v) is 7.85. The van der Waals surface area contributed by atoms with Gasteiger partial charge in [0.2, 0.25) is 0 Å². The van der Waals surface area contributed by atoms with E-state index in [9.17, 15) is 9.59 Å². The molecule has 126 valence electrons. The molecular weight excluding hydrogens is 306 g/mol. The summed E-state index contributed by atoms with van der Waals surface area (Å²) in [5, 5.41) is 2.74. The van der Waals surface area contributed by atoms with Crippen molar-refractivity contribution in [1.29, 1.82) is 0 Å². The van der Waals surface area contributed by atoms with Gasteiger partial charge in [0.05, 0.1) is 12.3 Å². The number of carbonyl (C=O) groups is 2. The van der Waals surface area contributed by atoms with Crippen LogP contribution in [-0.4, -0.2) is 24.9 Å². The highest BCUT2D eigenvalue weighted by Gasteiger charge is 2.11. The molecule has 0 radical (unpaired) electrons. The fraction of sp³-hybridized carbons (Fsp3) is 0.263. The monoisotopic (exact) mass is 327 g/mol. The first kappa shape index (κ1) is 17.5. The van der Waals surface area contributed by atoms with E-state index in [0.29, 0.717) is 29.4 Å². The third-order valence-electron chi connectivity index (χ3n) is 3.24. The number of para-hydroxylation sites is 1. The van der Waals surface area contributed by atoms with Crippen LogP contribution in [0, 0.1) is 0 Å². The van der Waals surface area contributed by atoms with E-state index in [-0.39, 0.29) is 18.3 Å². The normalized spacial score (nSPS) is 10.1. The Bertz CT molecular complexity index is 698. The molecule has 24 heavy (non-hydrogen) atoms. The lowest BCUT2D eigenvalue weighted by atomic mass is 10.1. The van der Waals surface area contributed by atoms with Gasteiger partial charge in [-0.3, -0.25) is 9.59 Å². The molecule has 0 heterocycles. The van der Waals surface area contributed by atoms with Crippen molar-refractivity contribution in [3.63, 3.8) is 0 Å². The van der Waals surface area contributed by atoms with Gasteiger partial charge < -0.3 is 14.8 Å². The number of rotatable bonds is 8. The van der Waals surface area contributed by atoms with E-state index in [4.69, 9.17) is 9.47 Å². The predicted molar refractivity (Wildman–Crippen MR) is 92.8 cm³/mol. The number of carbonyl (C=O) groups excluding carboxylic acids is 2. The Kier molecular flexibility index (Phi) is 6.37. The molecule has 0 bridgehead atoms. The summed E-state index contributed by atoms with van der Waals surface area (Å²) in [6.07, 6.45) is 0.846. The molecule has 0 spiro atoms. The Morgan fingerprint density at radius 3 is 2.46 bits per heavy atom. The van der Waals surface area contributed by atoms with Crippen LogP contribution in [0.5, 0.6) is 11.5 Å². The molecular formula is C19H21NO4. The number of amides is 1. The van der Waals surface area contributed by atoms with Gasteiger partial charge in [0, 0.05) is 5.56 Å². The summed E-state index contributed by atoms with van der Waals surface area (Å²) in [6.45, 7) is 3.88. The molecule has 0 saturated heterocycles. The Morgan fingerprint density at radius 2 is 1.79 bits per heavy atom. The molecule has 5 heteroatoms. The van der Waals surface area contributed by atoms with Crippen molar-refractivity contribution < 1.29 is 19.1 Å². The Morgan fingerprint density at radius 1 is 1.04 bits per heavy atom. The molecule has 1 amide bonds. The average molecular weight is 327 g/mol. The maximum Gasteiger partial charge on any atom is 0.262 e. The van der Waals surface area contributed by atoms with Crippen LogP contribution in [0.1, 0.15) is 30.6 Å². The van der Waals surface area contributed by atoms with Crippen LogP contribution in [-0.2, 0) is 4.79 Å². The minimum Gasteiger partial charge on any atom is -0.491 e. The van der Waals surface area contributed by atoms with Gasteiger partial charge in [0.25, 0.3) is 5.91 Å². The minimum absolute atomic E-state index is 0.0759. The fourth-order valence-electron chi connectivity index (χ4n) is 2.04. The molecule has 0 aliphatic carbocycles. The highest BCUT2D eigenvalue weighted by atomic mass is 16.5. The summed E-state index contributed by atoms with van der Waals surface area (Å²) in [5.41, 5.74) is 0.982. The maximum atomic E-state index is 12.1. The van der Waals surface area contributed by atoms with Crippen molar-refractivity contribution in [2.75, 3.05) is 18.5 Å². The Hall–Kier alpha value is -2.82. The quantitative estimate of drug-likeness (QED) is 0.751. The van der Waals surface area contributed by atoms with Gasteiger partial charge >= 0.3 is 0 Å². The SMILES string of the molecule is CCCOc1ccc(C(C)=O)cc1NC(=O)COc1ccccc1. The standard InChI is InChI=1S/C19H21NO4/c1-3-11-23-18-10-9-15(14(2)21)12-17(18)20-19(22)13-24-16-7-5-4-6-8-16/h4-10,12H,3,11,13H2,1-2H3,(H,20,22). The van der Waals surface area contributed by atoms with Gasteiger partial charge in [-0.1, -0.05) is 25.1 Å². The third kappa shape index (κ3) is 5.12. The van der Waals surface area contributed by atoms with E-state index >= 15 is 0 Å². The van der Waals surface area contributed by atoms with Crippen LogP contribution < -0.4 is 14.8 Å². The number of anilines is 1. The molecule has 0 atom stereocenters. The highest BCUT2D eigenvalue weighted by Crippen LogP contribution is 2.26. The van der Waals surface area contributed by atoms with Gasteiger partial charge in [-0.05, 0) is 43.7 Å². The van der Waals surface area contributed by atoms with Gasteiger partial charge in [0.1, 0.15) is 11.5 Å². The Labute approximate surface area is 141 Å². The second-order valence-corrected chi connectivity index (χ2v) is 5.27. The summed E-state index contributed by atoms with van der Waals surface area (Å²) >= 11 is 0. The second kappa shape index (κ2) is 8.72. The highest BCUT2D eigenvalue weighted by molar-refractivity contribution is 5.98. The molecule has 0 aliphatic rings. The Balaban J connectivity index is 2.06. The van der Waals surface area contributed by atoms with E-state index < -0.39 is 0 Å². The van der Waals surface area contributed by atoms with Crippen molar-refractivity contribution in [3.8, 4) is 11.5 Å². The number of ether oxygens (including phenoxy) is 2. The summed E-state index contributed by atoms with van der Waals surface area (Å²) in [5.74, 6) is 0.761. The number of Topliss-reactive ketones (excluding diaryl/α,β-unsaturated/α-hetero) is 1. The fourth-order valence-corrected chi connectivity index (χ4v) is 2.04. The van der Waals surface area contributed by atoms with E-state index in [2.05, 4.69) is 5.32 Å². The lowest BCUT2D eigenvalue weighted by Gasteiger charge is -2.13. The molecule has 1 N–H and O–H groups in total. The summed E-state index contributed by atoms with van der Waals surface area (Å²) in [7, 11) is 0. The molecule has 0 unspecified atom stereocenters. The maximum absolute atomic E-state index is 12.1. The predicted octanol–water partition coefficient (Wildman–Crippen LogP) is 3.70. The molecule has 0 aromatic heterocycles. The van der Waals surface area contributed by atoms with Crippen molar-refractivity contribution >= 4 is 17.4 Å². The number of nitrogens with one attached hydrogen (secondary N) is 1. The van der Waals surface area contributed by atoms with Gasteiger partial charge in [-0.25, -0.2) is 0 Å². The van der Waals surface area contributed by atoms with E-state index in [1.54, 1.807) is 30.3 Å². The first-order chi connectivity index (χ1) is 11.6. The van der Waals surface area contributed by atoms with Crippen LogP contribution in [0.4, 0.5) is 5.69 Å². The summed E-state index contributed by atoms with van der Waals surface area (Å²) < 4.78 is 11.0. The molecule has 5 nitrogen and oxygen atoms in total. The smallest absolute Gasteiger partial charge is 0.262 e. The molecule has 0 saturated carbocycles. The molecule has 0 aliphatic heterocycles. The average Bonchev–Trinajstić information content (AvgIpc) is 2.59. The summed E-state index contributed by atoms with van der Waals surface area (Å²) in [6, 6.07) is 14.1. The van der Waals surface area contributed by atoms with E-state index in [1.165, 1.54) is 6.92 Å². The summed E-state index contributed by atoms with van der Waals surface area (Å²) in [4.78, 5) is 23.7. The topological polar surface area (TPSA) is 64.6 Å². The van der Waals surface area contributed by atoms with Crippen LogP contribution in [0.2, 0.25) is 0 Å². The van der Waals surface area contributed by atoms with E-state index in [1.807, 2.05) is 25.1 Å². The molecule has 0 fully saturated rings. The zero-order valence-corrected chi connectivity index (χ0v) is 13.9. The molecule has 2 rings (SSSR count). The molecule has 2 aromatic rings. The first-order valence-electron chi connectivity index (χ1n) is 7.85.